The number of nitrogens with zero attached hydrogens (tertiary/aromatic N) is 3. The van der Waals surface area contributed by atoms with Gasteiger partial charge in [0.2, 0.25) is 0 Å². The summed E-state index contributed by atoms with van der Waals surface area (Å²) < 4.78 is 14.3. The number of rotatable bonds is 8. The lowest BCUT2D eigenvalue weighted by Crippen LogP contribution is -2.23. The molecule has 0 amide bonds. The van der Waals surface area contributed by atoms with Crippen LogP contribution < -0.4 is 15.0 Å². The van der Waals surface area contributed by atoms with Crippen LogP contribution in [0.2, 0.25) is 5.02 Å². The van der Waals surface area contributed by atoms with Crippen LogP contribution in [0.25, 0.3) is 10.9 Å². The molecule has 3 aromatic carbocycles. The van der Waals surface area contributed by atoms with Gasteiger partial charge in [0.15, 0.2) is 11.5 Å². The van der Waals surface area contributed by atoms with Gasteiger partial charge in [-0.1, -0.05) is 71.2 Å². The summed E-state index contributed by atoms with van der Waals surface area (Å²) in [7, 11) is 1.55. The first-order valence-corrected chi connectivity index (χ1v) is 13.7. The molecule has 0 unspecified atom stereocenters. The van der Waals surface area contributed by atoms with Crippen molar-refractivity contribution >= 4 is 60.6 Å². The largest absolute Gasteiger partial charge is 0.493 e. The Labute approximate surface area is 237 Å². The molecule has 37 heavy (non-hydrogen) atoms. The highest BCUT2D eigenvalue weighted by atomic mass is 79.9. The highest BCUT2D eigenvalue weighted by Crippen LogP contribution is 2.42. The zero-order chi connectivity index (χ0) is 26.7. The van der Waals surface area contributed by atoms with E-state index in [1.54, 1.807) is 25.5 Å². The van der Waals surface area contributed by atoms with Crippen molar-refractivity contribution in [3.05, 3.63) is 95.4 Å². The van der Waals surface area contributed by atoms with E-state index in [0.29, 0.717) is 49.9 Å². The van der Waals surface area contributed by atoms with E-state index in [1.807, 2.05) is 57.2 Å². The third-order valence-corrected chi connectivity index (χ3v) is 8.01. The van der Waals surface area contributed by atoms with Gasteiger partial charge in [-0.15, -0.1) is 0 Å². The standard InChI is InChI=1S/C28H26Br2ClN3O3/c1-5-17(3)27-33-22-11-10-20(29)13-21(22)28(35)34(27)32-14-19-12-23(36-4)26(25(31)24(19)30)37-15-18-8-6-16(2)7-9-18/h6-14,17H,5,15H2,1-4H3/t17-/m0/s1. The fraction of sp³-hybridized carbons (Fsp3) is 0.250. The summed E-state index contributed by atoms with van der Waals surface area (Å²) in [5, 5.41) is 5.38. The SMILES string of the molecule is CC[C@H](C)c1nc2ccc(Br)cc2c(=O)n1N=Cc1cc(OC)c(OCc2ccc(C)cc2)c(Cl)c1Br. The number of hydrogen-bond acceptors (Lipinski definition) is 5. The summed E-state index contributed by atoms with van der Waals surface area (Å²) in [4.78, 5) is 18.2. The van der Waals surface area contributed by atoms with Crippen LogP contribution in [0, 0.1) is 6.92 Å². The molecule has 0 aliphatic rings. The van der Waals surface area contributed by atoms with Crippen LogP contribution in [-0.4, -0.2) is 23.0 Å². The van der Waals surface area contributed by atoms with Gasteiger partial charge in [0, 0.05) is 20.4 Å². The van der Waals surface area contributed by atoms with Crippen LogP contribution in [0.1, 0.15) is 48.7 Å². The van der Waals surface area contributed by atoms with Gasteiger partial charge in [-0.25, -0.2) is 4.98 Å². The lowest BCUT2D eigenvalue weighted by atomic mass is 10.1. The van der Waals surface area contributed by atoms with Crippen LogP contribution in [0.4, 0.5) is 0 Å². The number of aromatic nitrogens is 2. The van der Waals surface area contributed by atoms with Crippen molar-refractivity contribution in [3.63, 3.8) is 0 Å². The van der Waals surface area contributed by atoms with Gasteiger partial charge in [-0.2, -0.15) is 9.78 Å². The molecule has 0 saturated carbocycles. The summed E-state index contributed by atoms with van der Waals surface area (Å²) in [5.41, 5.74) is 3.20. The number of hydrogen-bond donors (Lipinski definition) is 0. The monoisotopic (exact) mass is 645 g/mol. The molecule has 9 heteroatoms. The number of aryl methyl sites for hydroxylation is 1. The molecule has 0 aliphatic carbocycles. The molecule has 0 bridgehead atoms. The van der Waals surface area contributed by atoms with Crippen LogP contribution in [0.5, 0.6) is 11.5 Å². The molecule has 4 aromatic rings. The lowest BCUT2D eigenvalue weighted by Gasteiger charge is -2.16. The minimum Gasteiger partial charge on any atom is -0.493 e. The predicted octanol–water partition coefficient (Wildman–Crippen LogP) is 7.87. The molecule has 0 spiro atoms. The van der Waals surface area contributed by atoms with Gasteiger partial charge < -0.3 is 9.47 Å². The first-order chi connectivity index (χ1) is 17.7. The van der Waals surface area contributed by atoms with Crippen molar-refractivity contribution in [2.45, 2.75) is 39.7 Å². The Kier molecular flexibility index (Phi) is 8.72. The highest BCUT2D eigenvalue weighted by Gasteiger charge is 2.19. The minimum atomic E-state index is -0.245. The van der Waals surface area contributed by atoms with E-state index in [4.69, 9.17) is 26.1 Å². The first-order valence-electron chi connectivity index (χ1n) is 11.7. The molecule has 0 N–H and O–H groups in total. The van der Waals surface area contributed by atoms with Crippen LogP contribution in [-0.2, 0) is 6.61 Å². The molecule has 1 heterocycles. The Morgan fingerprint density at radius 1 is 1.16 bits per heavy atom. The minimum absolute atomic E-state index is 0.0250. The van der Waals surface area contributed by atoms with E-state index in [0.717, 1.165) is 16.5 Å². The maximum Gasteiger partial charge on any atom is 0.282 e. The van der Waals surface area contributed by atoms with Crippen LogP contribution in [0.3, 0.4) is 0 Å². The number of halogens is 3. The Balaban J connectivity index is 1.74. The summed E-state index contributed by atoms with van der Waals surface area (Å²) in [6.07, 6.45) is 2.38. The van der Waals surface area contributed by atoms with Crippen LogP contribution >= 0.6 is 43.5 Å². The molecule has 0 radical (unpaired) electrons. The van der Waals surface area contributed by atoms with Gasteiger partial charge in [0.25, 0.3) is 5.56 Å². The number of methoxy groups -OCH3 is 1. The lowest BCUT2D eigenvalue weighted by molar-refractivity contribution is 0.284. The van der Waals surface area contributed by atoms with Gasteiger partial charge in [0.1, 0.15) is 17.5 Å². The second-order valence-electron chi connectivity index (χ2n) is 8.70. The maximum atomic E-state index is 13.4. The molecule has 192 valence electrons. The van der Waals surface area contributed by atoms with Crippen molar-refractivity contribution < 1.29 is 9.47 Å². The first kappa shape index (κ1) is 27.4. The zero-order valence-corrected chi connectivity index (χ0v) is 24.8. The Morgan fingerprint density at radius 3 is 2.57 bits per heavy atom. The van der Waals surface area contributed by atoms with Gasteiger partial charge in [-0.05, 0) is 59.1 Å². The molecule has 0 aliphatic heterocycles. The van der Waals surface area contributed by atoms with E-state index in [2.05, 4.69) is 37.0 Å². The van der Waals surface area contributed by atoms with Crippen molar-refractivity contribution in [1.29, 1.82) is 0 Å². The molecule has 6 nitrogen and oxygen atoms in total. The second-order valence-corrected chi connectivity index (χ2v) is 10.8. The van der Waals surface area contributed by atoms with Gasteiger partial charge >= 0.3 is 0 Å². The highest BCUT2D eigenvalue weighted by molar-refractivity contribution is 9.10. The van der Waals surface area contributed by atoms with E-state index in [1.165, 1.54) is 10.2 Å². The topological polar surface area (TPSA) is 65.7 Å². The Morgan fingerprint density at radius 2 is 1.89 bits per heavy atom. The Bertz CT molecular complexity index is 1540. The Hall–Kier alpha value is -2.68. The summed E-state index contributed by atoms with van der Waals surface area (Å²) in [6, 6.07) is 15.3. The van der Waals surface area contributed by atoms with E-state index < -0.39 is 0 Å². The van der Waals surface area contributed by atoms with Gasteiger partial charge in [0.05, 0.1) is 24.2 Å². The normalized spacial score (nSPS) is 12.3. The molecular weight excluding hydrogens is 622 g/mol. The molecule has 4 rings (SSSR count). The second kappa shape index (κ2) is 11.8. The van der Waals surface area contributed by atoms with Crippen molar-refractivity contribution in [2.75, 3.05) is 7.11 Å². The molecular formula is C28H26Br2ClN3O3. The molecule has 0 fully saturated rings. The van der Waals surface area contributed by atoms with Crippen molar-refractivity contribution in [3.8, 4) is 11.5 Å². The van der Waals surface area contributed by atoms with E-state index in [-0.39, 0.29) is 11.5 Å². The van der Waals surface area contributed by atoms with Crippen molar-refractivity contribution in [2.24, 2.45) is 5.10 Å². The van der Waals surface area contributed by atoms with Crippen LogP contribution in [0.15, 0.2) is 67.4 Å². The number of fused-ring (bicyclic) bond motifs is 1. The third-order valence-electron chi connectivity index (χ3n) is 6.08. The van der Waals surface area contributed by atoms with Crippen molar-refractivity contribution in [1.82, 2.24) is 9.66 Å². The smallest absolute Gasteiger partial charge is 0.282 e. The summed E-state index contributed by atoms with van der Waals surface area (Å²) >= 11 is 13.7. The molecule has 0 saturated heterocycles. The average molecular weight is 648 g/mol. The average Bonchev–Trinajstić information content (AvgIpc) is 2.90. The molecule has 1 atom stereocenters. The number of ether oxygens (including phenoxy) is 2. The van der Waals surface area contributed by atoms with Gasteiger partial charge in [-0.3, -0.25) is 4.79 Å². The summed E-state index contributed by atoms with van der Waals surface area (Å²) in [6.45, 7) is 6.44. The third kappa shape index (κ3) is 5.92. The molecule has 1 aromatic heterocycles. The number of benzene rings is 3. The quantitative estimate of drug-likeness (QED) is 0.183. The summed E-state index contributed by atoms with van der Waals surface area (Å²) in [5.74, 6) is 1.49. The zero-order valence-electron chi connectivity index (χ0n) is 20.9. The van der Waals surface area contributed by atoms with E-state index in [9.17, 15) is 4.79 Å². The predicted molar refractivity (Wildman–Crippen MR) is 157 cm³/mol. The van der Waals surface area contributed by atoms with E-state index >= 15 is 0 Å². The fourth-order valence-corrected chi connectivity index (χ4v) is 4.74. The fourth-order valence-electron chi connectivity index (χ4n) is 3.72. The maximum absolute atomic E-state index is 13.4.